The van der Waals surface area contributed by atoms with E-state index in [9.17, 15) is 9.59 Å². The highest BCUT2D eigenvalue weighted by molar-refractivity contribution is 5.94. The minimum Gasteiger partial charge on any atom is -0.354 e. The number of carbonyl (C=O) groups is 2. The van der Waals surface area contributed by atoms with Gasteiger partial charge in [0.2, 0.25) is 5.91 Å². The van der Waals surface area contributed by atoms with Gasteiger partial charge in [0.25, 0.3) is 5.91 Å². The molecular weight excluding hydrogens is 372 g/mol. The second-order valence-corrected chi connectivity index (χ2v) is 7.88. The average molecular weight is 399 g/mol. The molecule has 0 aromatic heterocycles. The third kappa shape index (κ3) is 4.60. The van der Waals surface area contributed by atoms with Crippen LogP contribution in [0.25, 0.3) is 11.1 Å². The molecule has 0 aliphatic carbocycles. The highest BCUT2D eigenvalue weighted by Crippen LogP contribution is 2.22. The van der Waals surface area contributed by atoms with E-state index in [-0.39, 0.29) is 17.7 Å². The van der Waals surface area contributed by atoms with Crippen molar-refractivity contribution in [2.75, 3.05) is 19.6 Å². The van der Waals surface area contributed by atoms with Gasteiger partial charge < -0.3 is 10.2 Å². The summed E-state index contributed by atoms with van der Waals surface area (Å²) in [7, 11) is 0. The molecule has 4 rings (SSSR count). The van der Waals surface area contributed by atoms with Gasteiger partial charge in [-0.05, 0) is 42.2 Å². The Hall–Kier alpha value is -3.40. The van der Waals surface area contributed by atoms with Crippen LogP contribution in [0.1, 0.15) is 21.5 Å². The minimum atomic E-state index is -0.259. The normalized spacial score (nSPS) is 16.6. The predicted molar refractivity (Wildman–Crippen MR) is 119 cm³/mol. The number of nitrogens with zero attached hydrogens (tertiary/aromatic N) is 1. The standard InChI is InChI=1S/C26H26N2O2/c1-19-6-5-9-23(16-19)21-12-10-20(11-13-21)17-24-18-28(15-14-27-25(24)29)26(30)22-7-3-2-4-8-22/h2-13,16,24H,14-15,17-18H2,1H3,(H,27,29)/t24-/m0/s1. The number of hydrogen-bond donors (Lipinski definition) is 1. The van der Waals surface area contributed by atoms with Crippen LogP contribution in [0.2, 0.25) is 0 Å². The van der Waals surface area contributed by atoms with Crippen LogP contribution in [0, 0.1) is 12.8 Å². The molecule has 1 heterocycles. The van der Waals surface area contributed by atoms with Crippen LogP contribution in [-0.2, 0) is 11.2 Å². The number of carbonyl (C=O) groups excluding carboxylic acids is 2. The Bertz CT molecular complexity index is 1030. The molecule has 2 amide bonds. The predicted octanol–water partition coefficient (Wildman–Crippen LogP) is 4.09. The summed E-state index contributed by atoms with van der Waals surface area (Å²) in [5.41, 5.74) is 5.34. The molecule has 0 bridgehead atoms. The highest BCUT2D eigenvalue weighted by atomic mass is 16.2. The summed E-state index contributed by atoms with van der Waals surface area (Å²) in [4.78, 5) is 27.3. The Morgan fingerprint density at radius 1 is 0.967 bits per heavy atom. The lowest BCUT2D eigenvalue weighted by molar-refractivity contribution is -0.124. The van der Waals surface area contributed by atoms with E-state index in [1.165, 1.54) is 11.1 Å². The van der Waals surface area contributed by atoms with Gasteiger partial charge in [-0.1, -0.05) is 72.3 Å². The van der Waals surface area contributed by atoms with Crippen molar-refractivity contribution < 1.29 is 9.59 Å². The smallest absolute Gasteiger partial charge is 0.253 e. The molecule has 0 unspecified atom stereocenters. The first-order chi connectivity index (χ1) is 14.6. The summed E-state index contributed by atoms with van der Waals surface area (Å²) < 4.78 is 0. The maximum absolute atomic E-state index is 12.9. The summed E-state index contributed by atoms with van der Waals surface area (Å²) in [6.45, 7) is 3.53. The molecule has 1 N–H and O–H groups in total. The van der Waals surface area contributed by atoms with Gasteiger partial charge >= 0.3 is 0 Å². The molecule has 3 aromatic rings. The van der Waals surface area contributed by atoms with Crippen LogP contribution >= 0.6 is 0 Å². The van der Waals surface area contributed by atoms with Crippen LogP contribution in [0.15, 0.2) is 78.9 Å². The first-order valence-electron chi connectivity index (χ1n) is 10.4. The van der Waals surface area contributed by atoms with E-state index in [1.807, 2.05) is 30.3 Å². The van der Waals surface area contributed by atoms with Gasteiger partial charge in [-0.25, -0.2) is 0 Å². The number of nitrogens with one attached hydrogen (secondary N) is 1. The maximum atomic E-state index is 12.9. The molecule has 1 atom stereocenters. The fraction of sp³-hybridized carbons (Fsp3) is 0.231. The Morgan fingerprint density at radius 2 is 1.73 bits per heavy atom. The van der Waals surface area contributed by atoms with Gasteiger partial charge in [0.1, 0.15) is 0 Å². The van der Waals surface area contributed by atoms with Crippen LogP contribution in [0.3, 0.4) is 0 Å². The molecule has 30 heavy (non-hydrogen) atoms. The number of rotatable bonds is 4. The van der Waals surface area contributed by atoms with E-state index in [1.54, 1.807) is 4.90 Å². The van der Waals surface area contributed by atoms with E-state index >= 15 is 0 Å². The Labute approximate surface area is 177 Å². The Kier molecular flexibility index (Phi) is 5.94. The first-order valence-corrected chi connectivity index (χ1v) is 10.4. The van der Waals surface area contributed by atoms with Crippen molar-refractivity contribution in [3.63, 3.8) is 0 Å². The van der Waals surface area contributed by atoms with Gasteiger partial charge in [0.15, 0.2) is 0 Å². The van der Waals surface area contributed by atoms with Crippen molar-refractivity contribution in [2.45, 2.75) is 13.3 Å². The van der Waals surface area contributed by atoms with Crippen molar-refractivity contribution in [1.82, 2.24) is 10.2 Å². The van der Waals surface area contributed by atoms with Gasteiger partial charge in [0.05, 0.1) is 5.92 Å². The van der Waals surface area contributed by atoms with E-state index in [0.717, 1.165) is 11.1 Å². The summed E-state index contributed by atoms with van der Waals surface area (Å²) in [6.07, 6.45) is 0.610. The molecule has 1 fully saturated rings. The number of aryl methyl sites for hydroxylation is 1. The zero-order valence-electron chi connectivity index (χ0n) is 17.2. The van der Waals surface area contributed by atoms with E-state index < -0.39 is 0 Å². The molecule has 4 heteroatoms. The summed E-state index contributed by atoms with van der Waals surface area (Å²) in [5, 5.41) is 2.96. The second kappa shape index (κ2) is 8.95. The molecule has 0 radical (unpaired) electrons. The van der Waals surface area contributed by atoms with Crippen LogP contribution in [0.4, 0.5) is 0 Å². The summed E-state index contributed by atoms with van der Waals surface area (Å²) >= 11 is 0. The van der Waals surface area contributed by atoms with Gasteiger partial charge in [-0.15, -0.1) is 0 Å². The van der Waals surface area contributed by atoms with Crippen molar-refractivity contribution in [1.29, 1.82) is 0 Å². The lowest BCUT2D eigenvalue weighted by Gasteiger charge is -2.23. The topological polar surface area (TPSA) is 49.4 Å². The number of hydrogen-bond acceptors (Lipinski definition) is 2. The van der Waals surface area contributed by atoms with Crippen molar-refractivity contribution in [2.24, 2.45) is 5.92 Å². The molecule has 1 aliphatic rings. The SMILES string of the molecule is Cc1cccc(-c2ccc(C[C@H]3CN(C(=O)c4ccccc4)CCNC3=O)cc2)c1. The van der Waals surface area contributed by atoms with E-state index in [0.29, 0.717) is 31.6 Å². The van der Waals surface area contributed by atoms with Crippen molar-refractivity contribution >= 4 is 11.8 Å². The van der Waals surface area contributed by atoms with Crippen LogP contribution in [-0.4, -0.2) is 36.3 Å². The lowest BCUT2D eigenvalue weighted by atomic mass is 9.95. The monoisotopic (exact) mass is 398 g/mol. The van der Waals surface area contributed by atoms with Gasteiger partial charge in [-0.3, -0.25) is 9.59 Å². The fourth-order valence-electron chi connectivity index (χ4n) is 3.95. The zero-order valence-corrected chi connectivity index (χ0v) is 17.2. The number of benzene rings is 3. The summed E-state index contributed by atoms with van der Waals surface area (Å²) in [6, 6.07) is 26.1. The lowest BCUT2D eigenvalue weighted by Crippen LogP contribution is -2.37. The molecular formula is C26H26N2O2. The van der Waals surface area contributed by atoms with E-state index in [2.05, 4.69) is 60.8 Å². The molecule has 1 saturated heterocycles. The Balaban J connectivity index is 1.48. The molecule has 3 aromatic carbocycles. The quantitative estimate of drug-likeness (QED) is 0.720. The molecule has 152 valence electrons. The maximum Gasteiger partial charge on any atom is 0.253 e. The van der Waals surface area contributed by atoms with Crippen molar-refractivity contribution in [3.05, 3.63) is 95.6 Å². The second-order valence-electron chi connectivity index (χ2n) is 7.88. The van der Waals surface area contributed by atoms with Gasteiger partial charge in [0, 0.05) is 25.2 Å². The molecule has 4 nitrogen and oxygen atoms in total. The van der Waals surface area contributed by atoms with E-state index in [4.69, 9.17) is 0 Å². The Morgan fingerprint density at radius 3 is 2.47 bits per heavy atom. The largest absolute Gasteiger partial charge is 0.354 e. The third-order valence-electron chi connectivity index (χ3n) is 5.59. The first kappa shape index (κ1) is 19.9. The van der Waals surface area contributed by atoms with Crippen molar-refractivity contribution in [3.8, 4) is 11.1 Å². The minimum absolute atomic E-state index is 0.0149. The fourth-order valence-corrected chi connectivity index (χ4v) is 3.95. The van der Waals surface area contributed by atoms with Gasteiger partial charge in [-0.2, -0.15) is 0 Å². The average Bonchev–Trinajstić information content (AvgIpc) is 2.96. The zero-order chi connectivity index (χ0) is 20.9. The molecule has 0 saturated carbocycles. The number of amides is 2. The van der Waals surface area contributed by atoms with Crippen LogP contribution < -0.4 is 5.32 Å². The summed E-state index contributed by atoms with van der Waals surface area (Å²) in [5.74, 6) is -0.266. The highest BCUT2D eigenvalue weighted by Gasteiger charge is 2.28. The molecule has 1 aliphatic heterocycles. The molecule has 0 spiro atoms. The van der Waals surface area contributed by atoms with Crippen LogP contribution in [0.5, 0.6) is 0 Å². The third-order valence-corrected chi connectivity index (χ3v) is 5.59.